The minimum Gasteiger partial charge on any atom is -1.00 e. The van der Waals surface area contributed by atoms with Gasteiger partial charge in [0.2, 0.25) is 17.7 Å². The molecule has 0 saturated carbocycles. The smallest absolute Gasteiger partial charge is 1.00 e. The molecule has 4 saturated heterocycles. The number of benzene rings is 1. The predicted octanol–water partition coefficient (Wildman–Crippen LogP) is -6.01. The van der Waals surface area contributed by atoms with Gasteiger partial charge in [-0.2, -0.15) is 0 Å². The Balaban J connectivity index is -0.000000770. The van der Waals surface area contributed by atoms with Crippen LogP contribution < -0.4 is 62.4 Å². The molecule has 13 N–H and O–H groups in total. The number of thioether (sulfide) groups is 1. The number of aliphatic carboxylic acids is 2. The maximum absolute atomic E-state index is 12.3. The van der Waals surface area contributed by atoms with Crippen LogP contribution in [0.1, 0.15) is 33.3 Å². The van der Waals surface area contributed by atoms with Crippen LogP contribution in [0.2, 0.25) is 0 Å². The fraction of sp³-hybridized carbons (Fsp3) is 0.458. The molecule has 244 valence electrons. The van der Waals surface area contributed by atoms with E-state index in [4.69, 9.17) is 20.7 Å². The van der Waals surface area contributed by atoms with Crippen molar-refractivity contribution in [1.82, 2.24) is 15.1 Å². The van der Waals surface area contributed by atoms with Gasteiger partial charge in [-0.25, -0.2) is 9.59 Å². The van der Waals surface area contributed by atoms with Crippen LogP contribution in [0.3, 0.4) is 0 Å². The van der Waals surface area contributed by atoms with Gasteiger partial charge in [0.15, 0.2) is 12.3 Å². The number of phenols is 1. The number of nitrogens with zero attached hydrogens (tertiary/aromatic N) is 2. The summed E-state index contributed by atoms with van der Waals surface area (Å²) in [5, 5.41) is 38.4. The Kier molecular flexibility index (Phi) is 17.1. The second kappa shape index (κ2) is 17.1. The largest absolute Gasteiger partial charge is 1.00 e. The topological polar surface area (TPSA) is 315 Å². The first-order chi connectivity index (χ1) is 18.3. The number of aromatic hydroxyl groups is 1. The van der Waals surface area contributed by atoms with Crippen LogP contribution in [0, 0.1) is 0 Å². The minimum absolute atomic E-state index is 0. The van der Waals surface area contributed by atoms with Crippen molar-refractivity contribution in [2.24, 2.45) is 5.73 Å². The fourth-order valence-corrected chi connectivity index (χ4v) is 6.51. The number of aliphatic hydroxyl groups excluding tert-OH is 1. The number of β-lactam (4-membered cyclic amide) rings is 2. The van der Waals surface area contributed by atoms with Crippen molar-refractivity contribution in [1.29, 1.82) is 0 Å². The summed E-state index contributed by atoms with van der Waals surface area (Å²) in [6.45, 7) is 3.24. The number of fused-ring (bicyclic) bond motifs is 2. The molecule has 4 aliphatic heterocycles. The molecule has 4 aliphatic rings. The van der Waals surface area contributed by atoms with E-state index in [0.29, 0.717) is 5.56 Å². The van der Waals surface area contributed by atoms with Crippen LogP contribution in [0.4, 0.5) is 0 Å². The summed E-state index contributed by atoms with van der Waals surface area (Å²) >= 11 is 1.35. The number of carboxylic acid groups (broad SMARTS) is 2. The molecule has 3 amide bonds. The molecule has 1 unspecified atom stereocenters. The normalized spacial score (nSPS) is 26.3. The Morgan fingerprint density at radius 2 is 1.70 bits per heavy atom. The first-order valence-electron chi connectivity index (χ1n) is 11.9. The number of carbonyl (C=O) groups is 5. The van der Waals surface area contributed by atoms with Crippen LogP contribution in [-0.4, -0.2) is 117 Å². The van der Waals surface area contributed by atoms with Crippen LogP contribution in [0.15, 0.2) is 36.1 Å². The second-order valence-corrected chi connectivity index (χ2v) is 11.5. The molecular weight excluding hydrogens is 659 g/mol. The van der Waals surface area contributed by atoms with Crippen molar-refractivity contribution in [2.75, 3.05) is 6.61 Å². The number of aliphatic hydroxyl groups is 1. The number of amides is 3. The van der Waals surface area contributed by atoms with Crippen molar-refractivity contribution in [3.05, 3.63) is 41.7 Å². The number of rotatable bonds is 6. The maximum atomic E-state index is 12.3. The molecular formula is C24H36ClKN4O13S. The van der Waals surface area contributed by atoms with E-state index in [2.05, 4.69) is 5.32 Å². The molecule has 0 radical (unpaired) electrons. The van der Waals surface area contributed by atoms with Crippen molar-refractivity contribution >= 4 is 53.8 Å². The fourth-order valence-electron chi connectivity index (χ4n) is 4.88. The Morgan fingerprint density at radius 1 is 1.14 bits per heavy atom. The van der Waals surface area contributed by atoms with E-state index in [1.165, 1.54) is 51.9 Å². The monoisotopic (exact) mass is 694 g/mol. The average molecular weight is 695 g/mol. The Morgan fingerprint density at radius 3 is 2.18 bits per heavy atom. The number of nitrogens with two attached hydrogens (primary N) is 1. The molecule has 4 heterocycles. The summed E-state index contributed by atoms with van der Waals surface area (Å²) in [6.07, 6.45) is 1.03. The van der Waals surface area contributed by atoms with Gasteiger partial charge >= 0.3 is 63.3 Å². The summed E-state index contributed by atoms with van der Waals surface area (Å²) in [4.78, 5) is 60.5. The standard InChI is InChI=1S/C16H19N3O5S.C8H9NO5.ClH.K.3H2O.H/c1-16(2)11(15(23)24)19-13(22)10(14(19)25-16)18-12(21)9(17)7-3-5-8(20)6-4-7;10-2-1-4-7(8(12)13)9-5(11)3-6(9)14-4;;;;;;/h3-6,9-11,14,20H,17H2,1-2H3,(H,18,21)(H,23,24);1,6-7,10H,2-3H2,(H,12,13);1H;;3*1H2;/q;;;+1;;;;-1/t9?,10-,11+,14-;6-,7-;;;;;;/m11....../s1. The Hall–Kier alpha value is -2.01. The molecule has 0 aromatic heterocycles. The molecule has 0 aliphatic carbocycles. The van der Waals surface area contributed by atoms with E-state index >= 15 is 0 Å². The second-order valence-electron chi connectivity index (χ2n) is 9.76. The van der Waals surface area contributed by atoms with Gasteiger partial charge in [0.05, 0.1) is 13.0 Å². The van der Waals surface area contributed by atoms with Crippen molar-refractivity contribution < 1.29 is 118 Å². The molecule has 0 bridgehead atoms. The van der Waals surface area contributed by atoms with Crippen molar-refractivity contribution in [2.45, 2.75) is 60.8 Å². The number of hydrogen-bond acceptors (Lipinski definition) is 10. The number of hydrogen-bond donors (Lipinski definition) is 6. The van der Waals surface area contributed by atoms with E-state index in [1.807, 2.05) is 0 Å². The quantitative estimate of drug-likeness (QED) is 0.120. The summed E-state index contributed by atoms with van der Waals surface area (Å²) in [5.74, 6) is -3.16. The molecule has 44 heavy (non-hydrogen) atoms. The predicted molar refractivity (Wildman–Crippen MR) is 153 cm³/mol. The van der Waals surface area contributed by atoms with Gasteiger partial charge in [-0.1, -0.05) is 12.1 Å². The zero-order valence-corrected chi connectivity index (χ0v) is 28.5. The third kappa shape index (κ3) is 8.22. The summed E-state index contributed by atoms with van der Waals surface area (Å²) in [7, 11) is 0. The van der Waals surface area contributed by atoms with Gasteiger partial charge in [0.1, 0.15) is 35.0 Å². The Bertz CT molecular complexity index is 1260. The number of carbonyl (C=O) groups excluding carboxylic acids is 3. The number of nitrogens with one attached hydrogen (secondary N) is 1. The number of phenolic OH excluding ortho intramolecular Hbond substituents is 1. The third-order valence-electron chi connectivity index (χ3n) is 6.80. The molecule has 0 spiro atoms. The average Bonchev–Trinajstić information content (AvgIpc) is 3.31. The van der Waals surface area contributed by atoms with E-state index in [-0.39, 0.29) is 112 Å². The summed E-state index contributed by atoms with van der Waals surface area (Å²) in [5.41, 5.74) is 6.41. The van der Waals surface area contributed by atoms with Gasteiger partial charge in [-0.3, -0.25) is 19.3 Å². The van der Waals surface area contributed by atoms with E-state index in [9.17, 15) is 34.2 Å². The minimum atomic E-state index is -1.14. The van der Waals surface area contributed by atoms with Gasteiger partial charge in [0.25, 0.3) is 0 Å². The molecule has 1 aromatic carbocycles. The van der Waals surface area contributed by atoms with Crippen molar-refractivity contribution in [3.63, 3.8) is 0 Å². The molecule has 1 aromatic rings. The number of carboxylic acids is 2. The van der Waals surface area contributed by atoms with E-state index in [1.54, 1.807) is 13.8 Å². The first kappa shape index (κ1) is 44.1. The van der Waals surface area contributed by atoms with Crippen LogP contribution >= 0.6 is 24.2 Å². The molecule has 6 atom stereocenters. The van der Waals surface area contributed by atoms with Crippen LogP contribution in [0.5, 0.6) is 5.75 Å². The number of halogens is 1. The van der Waals surface area contributed by atoms with Gasteiger partial charge in [-0.15, -0.1) is 24.2 Å². The zero-order chi connectivity index (χ0) is 28.8. The Labute approximate surface area is 305 Å². The van der Waals surface area contributed by atoms with Gasteiger partial charge in [0, 0.05) is 4.75 Å². The maximum Gasteiger partial charge on any atom is 1.00 e. The van der Waals surface area contributed by atoms with E-state index in [0.717, 1.165) is 0 Å². The first-order valence-corrected chi connectivity index (χ1v) is 12.8. The van der Waals surface area contributed by atoms with Gasteiger partial charge in [-0.05, 0) is 37.6 Å². The van der Waals surface area contributed by atoms with Crippen LogP contribution in [0.25, 0.3) is 0 Å². The molecule has 20 heteroatoms. The van der Waals surface area contributed by atoms with Crippen LogP contribution in [-0.2, 0) is 28.7 Å². The summed E-state index contributed by atoms with van der Waals surface area (Å²) in [6, 6.07) is 2.14. The van der Waals surface area contributed by atoms with E-state index < -0.39 is 64.3 Å². The zero-order valence-electron chi connectivity index (χ0n) is 24.8. The SMILES string of the molecule is CC1(C)S[C@@H]2[C@H](NC(=O)C(N)c3ccc(O)cc3)C(=O)N2[C@H]1C(=O)O.Cl.O.O.O.O=C(O)[C@H]1C(=CCO)O[C@@H]2CC(=O)N12.[H-].[K+]. The molecule has 4 fully saturated rings. The van der Waals surface area contributed by atoms with Crippen molar-refractivity contribution in [3.8, 4) is 5.75 Å². The van der Waals surface area contributed by atoms with Gasteiger partial charge < -0.3 is 59.0 Å². The molecule has 5 rings (SSSR count). The third-order valence-corrected chi connectivity index (χ3v) is 8.37. The number of ether oxygens (including phenoxy) is 1. The molecule has 17 nitrogen and oxygen atoms in total. The summed E-state index contributed by atoms with van der Waals surface area (Å²) < 4.78 is 4.52.